The molecule has 0 saturated carbocycles. The molecule has 0 fully saturated rings. The Labute approximate surface area is 110 Å². The van der Waals surface area contributed by atoms with Crippen LogP contribution in [0.15, 0.2) is 45.7 Å². The molecule has 0 aliphatic heterocycles. The van der Waals surface area contributed by atoms with Gasteiger partial charge in [-0.1, -0.05) is 31.9 Å². The van der Waals surface area contributed by atoms with Crippen LogP contribution < -0.4 is 0 Å². The van der Waals surface area contributed by atoms with E-state index in [4.69, 9.17) is 0 Å². The van der Waals surface area contributed by atoms with Crippen LogP contribution in [-0.2, 0) is 0 Å². The zero-order valence-corrected chi connectivity index (χ0v) is 11.3. The summed E-state index contributed by atoms with van der Waals surface area (Å²) in [6.45, 7) is 0. The van der Waals surface area contributed by atoms with E-state index in [-0.39, 0.29) is 0 Å². The van der Waals surface area contributed by atoms with Crippen LogP contribution in [0.2, 0.25) is 0 Å². The molecular weight excluding hydrogens is 336 g/mol. The fourth-order valence-corrected chi connectivity index (χ4v) is 2.18. The zero-order chi connectivity index (χ0) is 11.5. The summed E-state index contributed by atoms with van der Waals surface area (Å²) in [5.74, 6) is 0. The van der Waals surface area contributed by atoms with Crippen molar-refractivity contribution in [2.45, 2.75) is 6.10 Å². The van der Waals surface area contributed by atoms with E-state index >= 15 is 0 Å². The number of halogens is 2. The summed E-state index contributed by atoms with van der Waals surface area (Å²) in [4.78, 5) is 8.01. The SMILES string of the molecule is OC(c1cnccn1)c1cc(Br)ccc1Br. The van der Waals surface area contributed by atoms with Gasteiger partial charge in [0, 0.05) is 26.9 Å². The zero-order valence-electron chi connectivity index (χ0n) is 8.14. The highest BCUT2D eigenvalue weighted by Crippen LogP contribution is 2.29. The summed E-state index contributed by atoms with van der Waals surface area (Å²) in [7, 11) is 0. The number of hydrogen-bond donors (Lipinski definition) is 1. The molecule has 16 heavy (non-hydrogen) atoms. The molecule has 2 aromatic rings. The number of benzene rings is 1. The molecule has 0 spiro atoms. The second kappa shape index (κ2) is 5.03. The maximum atomic E-state index is 10.1. The van der Waals surface area contributed by atoms with Crippen LogP contribution in [-0.4, -0.2) is 15.1 Å². The van der Waals surface area contributed by atoms with Crippen LogP contribution in [0.4, 0.5) is 0 Å². The molecule has 5 heteroatoms. The van der Waals surface area contributed by atoms with Crippen LogP contribution in [0.5, 0.6) is 0 Å². The molecule has 0 aliphatic rings. The molecule has 1 atom stereocenters. The summed E-state index contributed by atoms with van der Waals surface area (Å²) in [6, 6.07) is 5.62. The van der Waals surface area contributed by atoms with Crippen molar-refractivity contribution in [2.24, 2.45) is 0 Å². The standard InChI is InChI=1S/C11H8Br2N2O/c12-7-1-2-9(13)8(5-7)11(16)10-6-14-3-4-15-10/h1-6,11,16H. The molecule has 1 aromatic carbocycles. The first-order valence-corrected chi connectivity index (χ1v) is 6.16. The Balaban J connectivity index is 2.41. The van der Waals surface area contributed by atoms with Gasteiger partial charge in [-0.25, -0.2) is 0 Å². The highest BCUT2D eigenvalue weighted by atomic mass is 79.9. The number of aromatic nitrogens is 2. The second-order valence-corrected chi connectivity index (χ2v) is 4.97. The Hall–Kier alpha value is -0.780. The van der Waals surface area contributed by atoms with Crippen LogP contribution >= 0.6 is 31.9 Å². The minimum atomic E-state index is -0.777. The Kier molecular flexibility index (Phi) is 3.68. The first-order chi connectivity index (χ1) is 7.68. The van der Waals surface area contributed by atoms with Gasteiger partial charge in [-0.3, -0.25) is 9.97 Å². The van der Waals surface area contributed by atoms with Crippen molar-refractivity contribution in [1.82, 2.24) is 9.97 Å². The predicted molar refractivity (Wildman–Crippen MR) is 67.9 cm³/mol. The van der Waals surface area contributed by atoms with Crippen molar-refractivity contribution < 1.29 is 5.11 Å². The lowest BCUT2D eigenvalue weighted by Crippen LogP contribution is -2.03. The summed E-state index contributed by atoms with van der Waals surface area (Å²) >= 11 is 6.77. The Morgan fingerprint density at radius 2 is 2.00 bits per heavy atom. The van der Waals surface area contributed by atoms with Crippen molar-refractivity contribution >= 4 is 31.9 Å². The third kappa shape index (κ3) is 2.48. The molecule has 1 heterocycles. The summed E-state index contributed by atoms with van der Waals surface area (Å²) in [6.07, 6.45) is 3.91. The average molecular weight is 344 g/mol. The number of nitrogens with zero attached hydrogens (tertiary/aromatic N) is 2. The molecule has 1 aromatic heterocycles. The van der Waals surface area contributed by atoms with Gasteiger partial charge < -0.3 is 5.11 Å². The Morgan fingerprint density at radius 3 is 2.69 bits per heavy atom. The van der Waals surface area contributed by atoms with Gasteiger partial charge in [0.1, 0.15) is 6.10 Å². The molecule has 2 rings (SSSR count). The number of rotatable bonds is 2. The van der Waals surface area contributed by atoms with Gasteiger partial charge in [-0.2, -0.15) is 0 Å². The van der Waals surface area contributed by atoms with Crippen molar-refractivity contribution in [3.05, 3.63) is 57.0 Å². The average Bonchev–Trinajstić information content (AvgIpc) is 2.32. The van der Waals surface area contributed by atoms with E-state index < -0.39 is 6.10 Å². The summed E-state index contributed by atoms with van der Waals surface area (Å²) < 4.78 is 1.75. The Bertz CT molecular complexity index is 491. The normalized spacial score (nSPS) is 12.4. The van der Waals surface area contributed by atoms with Gasteiger partial charge in [-0.15, -0.1) is 0 Å². The molecule has 0 saturated heterocycles. The molecule has 82 valence electrons. The van der Waals surface area contributed by atoms with Gasteiger partial charge in [0.2, 0.25) is 0 Å². The number of aliphatic hydroxyl groups excluding tert-OH is 1. The quantitative estimate of drug-likeness (QED) is 0.911. The molecule has 3 nitrogen and oxygen atoms in total. The predicted octanol–water partition coefficient (Wildman–Crippen LogP) is 3.08. The van der Waals surface area contributed by atoms with E-state index in [0.717, 1.165) is 14.5 Å². The smallest absolute Gasteiger partial charge is 0.124 e. The monoisotopic (exact) mass is 342 g/mol. The molecular formula is C11H8Br2N2O. The van der Waals surface area contributed by atoms with Crippen molar-refractivity contribution in [3.8, 4) is 0 Å². The first-order valence-electron chi connectivity index (χ1n) is 4.57. The van der Waals surface area contributed by atoms with Crippen molar-refractivity contribution in [1.29, 1.82) is 0 Å². The van der Waals surface area contributed by atoms with Gasteiger partial charge in [0.05, 0.1) is 11.9 Å². The van der Waals surface area contributed by atoms with Crippen molar-refractivity contribution in [2.75, 3.05) is 0 Å². The van der Waals surface area contributed by atoms with Gasteiger partial charge in [0.15, 0.2) is 0 Å². The fourth-order valence-electron chi connectivity index (χ4n) is 1.34. The van der Waals surface area contributed by atoms with Crippen LogP contribution in [0.25, 0.3) is 0 Å². The molecule has 0 amide bonds. The largest absolute Gasteiger partial charge is 0.382 e. The molecule has 1 unspecified atom stereocenters. The van der Waals surface area contributed by atoms with Gasteiger partial charge in [0.25, 0.3) is 0 Å². The molecule has 0 bridgehead atoms. The lowest BCUT2D eigenvalue weighted by molar-refractivity contribution is 0.214. The molecule has 1 N–H and O–H groups in total. The van der Waals surface area contributed by atoms with E-state index in [0.29, 0.717) is 5.69 Å². The van der Waals surface area contributed by atoms with E-state index in [9.17, 15) is 5.11 Å². The second-order valence-electron chi connectivity index (χ2n) is 3.20. The van der Waals surface area contributed by atoms with Gasteiger partial charge in [-0.05, 0) is 18.2 Å². The minimum absolute atomic E-state index is 0.529. The van der Waals surface area contributed by atoms with Crippen LogP contribution in [0.3, 0.4) is 0 Å². The lowest BCUT2D eigenvalue weighted by Gasteiger charge is -2.12. The topological polar surface area (TPSA) is 46.0 Å². The van der Waals surface area contributed by atoms with Gasteiger partial charge >= 0.3 is 0 Å². The highest BCUT2D eigenvalue weighted by Gasteiger charge is 2.15. The van der Waals surface area contributed by atoms with Crippen molar-refractivity contribution in [3.63, 3.8) is 0 Å². The number of hydrogen-bond acceptors (Lipinski definition) is 3. The maximum Gasteiger partial charge on any atom is 0.124 e. The first kappa shape index (κ1) is 11.7. The fraction of sp³-hybridized carbons (Fsp3) is 0.0909. The van der Waals surface area contributed by atoms with E-state index in [2.05, 4.69) is 41.8 Å². The summed E-state index contributed by atoms with van der Waals surface area (Å²) in [5, 5.41) is 10.1. The lowest BCUT2D eigenvalue weighted by atomic mass is 10.1. The van der Waals surface area contributed by atoms with Crippen LogP contribution in [0.1, 0.15) is 17.4 Å². The van der Waals surface area contributed by atoms with E-state index in [1.807, 2.05) is 18.2 Å². The van der Waals surface area contributed by atoms with Crippen LogP contribution in [0, 0.1) is 0 Å². The third-order valence-electron chi connectivity index (χ3n) is 2.12. The number of aliphatic hydroxyl groups is 1. The maximum absolute atomic E-state index is 10.1. The minimum Gasteiger partial charge on any atom is -0.382 e. The van der Waals surface area contributed by atoms with E-state index in [1.165, 1.54) is 0 Å². The highest BCUT2D eigenvalue weighted by molar-refractivity contribution is 9.11. The molecule has 0 aliphatic carbocycles. The summed E-state index contributed by atoms with van der Waals surface area (Å²) in [5.41, 5.74) is 1.29. The third-order valence-corrected chi connectivity index (χ3v) is 3.33. The Morgan fingerprint density at radius 1 is 1.19 bits per heavy atom. The molecule has 0 radical (unpaired) electrons. The van der Waals surface area contributed by atoms with E-state index in [1.54, 1.807) is 18.6 Å².